The average Bonchev–Trinajstić information content (AvgIpc) is 2.80. The summed E-state index contributed by atoms with van der Waals surface area (Å²) in [7, 11) is 3.14. The van der Waals surface area contributed by atoms with E-state index in [2.05, 4.69) is 16.0 Å². The fourth-order valence-electron chi connectivity index (χ4n) is 2.81. The molecule has 0 radical (unpaired) electrons. The Balaban J connectivity index is 1.54. The van der Waals surface area contributed by atoms with Crippen LogP contribution in [0.5, 0.6) is 11.5 Å². The number of carbonyl (C=O) groups excluding carboxylic acids is 1. The summed E-state index contributed by atoms with van der Waals surface area (Å²) in [5.74, 6) is 1.12. The molecule has 6 nitrogen and oxygen atoms in total. The summed E-state index contributed by atoms with van der Waals surface area (Å²) < 4.78 is 10.5. The number of hydrogen-bond acceptors (Lipinski definition) is 5. The highest BCUT2D eigenvalue weighted by Gasteiger charge is 2.15. The Morgan fingerprint density at radius 2 is 1.38 bits per heavy atom. The number of benzene rings is 3. The van der Waals surface area contributed by atoms with Gasteiger partial charge in [0, 0.05) is 40.2 Å². The minimum absolute atomic E-state index is 0.110. The smallest absolute Gasteiger partial charge is 0.237 e. The maximum Gasteiger partial charge on any atom is 0.237 e. The highest BCUT2D eigenvalue weighted by atomic mass is 32.2. The normalized spacial score (nSPS) is 11.2. The highest BCUT2D eigenvalue weighted by Crippen LogP contribution is 2.28. The number of amides is 1. The van der Waals surface area contributed by atoms with E-state index in [0.717, 1.165) is 16.3 Å². The Bertz CT molecular complexity index is 1040. The standard InChI is InChI=1S/C24H25N3O3S2/c1-16(23(28)25-19-13-20(29-2)15-21(14-19)30-3)32-22-11-9-18(10-12-22)27-24(31)26-17-7-5-4-6-8-17/h4-16H,1-3H3,(H,25,28)(H2,26,27,31). The number of carbonyl (C=O) groups is 1. The van der Waals surface area contributed by atoms with Crippen molar-refractivity contribution in [3.8, 4) is 11.5 Å². The van der Waals surface area contributed by atoms with Gasteiger partial charge in [0.1, 0.15) is 11.5 Å². The zero-order valence-corrected chi connectivity index (χ0v) is 19.7. The number of hydrogen-bond donors (Lipinski definition) is 3. The molecule has 3 aromatic rings. The van der Waals surface area contributed by atoms with Crippen molar-refractivity contribution >= 4 is 52.1 Å². The Morgan fingerprint density at radius 1 is 0.812 bits per heavy atom. The Morgan fingerprint density at radius 3 is 1.94 bits per heavy atom. The summed E-state index contributed by atoms with van der Waals surface area (Å²) in [6.07, 6.45) is 0. The van der Waals surface area contributed by atoms with Gasteiger partial charge in [-0.1, -0.05) is 18.2 Å². The molecule has 3 aromatic carbocycles. The second-order valence-electron chi connectivity index (χ2n) is 6.82. The van der Waals surface area contributed by atoms with Crippen molar-refractivity contribution in [2.75, 3.05) is 30.2 Å². The molecule has 32 heavy (non-hydrogen) atoms. The van der Waals surface area contributed by atoms with Gasteiger partial charge in [-0.3, -0.25) is 4.79 Å². The van der Waals surface area contributed by atoms with Gasteiger partial charge in [0.2, 0.25) is 5.91 Å². The van der Waals surface area contributed by atoms with E-state index in [9.17, 15) is 4.79 Å². The Hall–Kier alpha value is -3.23. The first kappa shape index (κ1) is 23.4. The summed E-state index contributed by atoms with van der Waals surface area (Å²) in [6.45, 7) is 1.86. The van der Waals surface area contributed by atoms with Crippen LogP contribution < -0.4 is 25.4 Å². The summed E-state index contributed by atoms with van der Waals surface area (Å²) in [5, 5.41) is 9.42. The van der Waals surface area contributed by atoms with Crippen molar-refractivity contribution in [2.24, 2.45) is 0 Å². The number of methoxy groups -OCH3 is 2. The van der Waals surface area contributed by atoms with E-state index in [-0.39, 0.29) is 11.2 Å². The zero-order chi connectivity index (χ0) is 22.9. The van der Waals surface area contributed by atoms with Gasteiger partial charge < -0.3 is 25.4 Å². The van der Waals surface area contributed by atoms with Crippen LogP contribution in [0, 0.1) is 0 Å². The van der Waals surface area contributed by atoms with Crippen LogP contribution in [-0.2, 0) is 4.79 Å². The molecule has 0 saturated carbocycles. The van der Waals surface area contributed by atoms with E-state index in [1.807, 2.05) is 61.5 Å². The van der Waals surface area contributed by atoms with Crippen LogP contribution in [0.1, 0.15) is 6.92 Å². The van der Waals surface area contributed by atoms with E-state index in [0.29, 0.717) is 22.3 Å². The van der Waals surface area contributed by atoms with Crippen molar-refractivity contribution in [3.05, 3.63) is 72.8 Å². The van der Waals surface area contributed by atoms with Crippen LogP contribution in [0.3, 0.4) is 0 Å². The first-order valence-electron chi connectivity index (χ1n) is 9.90. The SMILES string of the molecule is COc1cc(NC(=O)C(C)Sc2ccc(NC(=S)Nc3ccccc3)cc2)cc(OC)c1. The van der Waals surface area contributed by atoms with Gasteiger partial charge in [0.05, 0.1) is 19.5 Å². The quantitative estimate of drug-likeness (QED) is 0.293. The third kappa shape index (κ3) is 6.90. The molecule has 0 heterocycles. The lowest BCUT2D eigenvalue weighted by Gasteiger charge is -2.14. The molecule has 0 aliphatic heterocycles. The van der Waals surface area contributed by atoms with Gasteiger partial charge in [-0.2, -0.15) is 0 Å². The highest BCUT2D eigenvalue weighted by molar-refractivity contribution is 8.00. The predicted octanol–water partition coefficient (Wildman–Crippen LogP) is 5.63. The molecule has 1 unspecified atom stereocenters. The largest absolute Gasteiger partial charge is 0.497 e. The van der Waals surface area contributed by atoms with Crippen molar-refractivity contribution in [2.45, 2.75) is 17.1 Å². The zero-order valence-electron chi connectivity index (χ0n) is 18.0. The molecule has 1 atom stereocenters. The number of ether oxygens (including phenoxy) is 2. The molecule has 0 aromatic heterocycles. The minimum Gasteiger partial charge on any atom is -0.497 e. The Kier molecular flexibility index (Phi) is 8.35. The molecule has 0 bridgehead atoms. The van der Waals surface area contributed by atoms with E-state index in [1.165, 1.54) is 11.8 Å². The number of thioether (sulfide) groups is 1. The van der Waals surface area contributed by atoms with Gasteiger partial charge in [-0.15, -0.1) is 11.8 Å². The van der Waals surface area contributed by atoms with Crippen LogP contribution in [0.15, 0.2) is 77.7 Å². The van der Waals surface area contributed by atoms with Gasteiger partial charge in [-0.05, 0) is 55.5 Å². The van der Waals surface area contributed by atoms with Gasteiger partial charge in [0.15, 0.2) is 5.11 Å². The fourth-order valence-corrected chi connectivity index (χ4v) is 3.92. The van der Waals surface area contributed by atoms with E-state index in [1.54, 1.807) is 32.4 Å². The molecule has 0 fully saturated rings. The number of thiocarbonyl (C=S) groups is 1. The molecule has 0 aliphatic carbocycles. The van der Waals surface area contributed by atoms with Crippen molar-refractivity contribution in [1.82, 2.24) is 0 Å². The number of para-hydroxylation sites is 1. The molecule has 3 rings (SSSR count). The second-order valence-corrected chi connectivity index (χ2v) is 8.64. The van der Waals surface area contributed by atoms with Gasteiger partial charge in [0.25, 0.3) is 0 Å². The van der Waals surface area contributed by atoms with E-state index in [4.69, 9.17) is 21.7 Å². The molecular weight excluding hydrogens is 442 g/mol. The van der Waals surface area contributed by atoms with Crippen LogP contribution in [0.4, 0.5) is 17.1 Å². The first-order valence-corrected chi connectivity index (χ1v) is 11.2. The maximum atomic E-state index is 12.7. The van der Waals surface area contributed by atoms with Crippen LogP contribution >= 0.6 is 24.0 Å². The molecule has 8 heteroatoms. The average molecular weight is 468 g/mol. The monoisotopic (exact) mass is 467 g/mol. The van der Waals surface area contributed by atoms with Crippen molar-refractivity contribution in [1.29, 1.82) is 0 Å². The van der Waals surface area contributed by atoms with Crippen molar-refractivity contribution < 1.29 is 14.3 Å². The van der Waals surface area contributed by atoms with E-state index < -0.39 is 0 Å². The Labute approximate surface area is 197 Å². The molecule has 3 N–H and O–H groups in total. The molecule has 0 saturated heterocycles. The number of anilines is 3. The molecule has 0 spiro atoms. The summed E-state index contributed by atoms with van der Waals surface area (Å²) >= 11 is 6.83. The summed E-state index contributed by atoms with van der Waals surface area (Å²) in [6, 6.07) is 22.8. The lowest BCUT2D eigenvalue weighted by atomic mass is 10.2. The molecular formula is C24H25N3O3S2. The lowest BCUT2D eigenvalue weighted by molar-refractivity contribution is -0.115. The number of nitrogens with one attached hydrogen (secondary N) is 3. The van der Waals surface area contributed by atoms with Gasteiger partial charge >= 0.3 is 0 Å². The van der Waals surface area contributed by atoms with Crippen LogP contribution in [-0.4, -0.2) is 30.5 Å². The third-order valence-electron chi connectivity index (χ3n) is 4.44. The molecule has 166 valence electrons. The maximum absolute atomic E-state index is 12.7. The summed E-state index contributed by atoms with van der Waals surface area (Å²) in [4.78, 5) is 13.6. The van der Waals surface area contributed by atoms with Crippen molar-refractivity contribution in [3.63, 3.8) is 0 Å². The van der Waals surface area contributed by atoms with Crippen LogP contribution in [0.25, 0.3) is 0 Å². The second kappa shape index (κ2) is 11.4. The lowest BCUT2D eigenvalue weighted by Crippen LogP contribution is -2.22. The minimum atomic E-state index is -0.299. The van der Waals surface area contributed by atoms with Gasteiger partial charge in [-0.25, -0.2) is 0 Å². The number of rotatable bonds is 8. The van der Waals surface area contributed by atoms with E-state index >= 15 is 0 Å². The van der Waals surface area contributed by atoms with Crippen LogP contribution in [0.2, 0.25) is 0 Å². The third-order valence-corrected chi connectivity index (χ3v) is 5.76. The predicted molar refractivity (Wildman–Crippen MR) is 136 cm³/mol. The molecule has 0 aliphatic rings. The fraction of sp³-hybridized carbons (Fsp3) is 0.167. The topological polar surface area (TPSA) is 71.6 Å². The summed E-state index contributed by atoms with van der Waals surface area (Å²) in [5.41, 5.74) is 2.41. The molecule has 1 amide bonds. The first-order chi connectivity index (χ1) is 15.5.